The van der Waals surface area contributed by atoms with Gasteiger partial charge in [0.2, 0.25) is 0 Å². The number of benzene rings is 1. The lowest BCUT2D eigenvalue weighted by atomic mass is 10.1. The molecule has 6 heteroatoms. The summed E-state index contributed by atoms with van der Waals surface area (Å²) < 4.78 is 0. The summed E-state index contributed by atoms with van der Waals surface area (Å²) in [6.07, 6.45) is 0. The van der Waals surface area contributed by atoms with Crippen molar-refractivity contribution in [2.75, 3.05) is 6.54 Å². The lowest BCUT2D eigenvalue weighted by Crippen LogP contribution is -2.34. The van der Waals surface area contributed by atoms with Gasteiger partial charge in [0.25, 0.3) is 0 Å². The smallest absolute Gasteiger partial charge is 0.394 e. The Morgan fingerprint density at radius 1 is 1.31 bits per heavy atom. The predicted octanol–water partition coefficient (Wildman–Crippen LogP) is 0.723. The molecule has 1 amide bonds. The number of halogens is 1. The van der Waals surface area contributed by atoms with Gasteiger partial charge in [0.1, 0.15) is 0 Å². The van der Waals surface area contributed by atoms with E-state index in [0.717, 1.165) is 0 Å². The highest BCUT2D eigenvalue weighted by Gasteiger charge is 2.13. The predicted molar refractivity (Wildman–Crippen MR) is 56.4 cm³/mol. The number of carbonyl (C=O) groups excluding carboxylic acids is 2. The molecule has 0 aliphatic heterocycles. The highest BCUT2D eigenvalue weighted by molar-refractivity contribution is 6.32. The SMILES string of the molecule is O=C(O)C(=O)NCC(=O)c1cccc(Cl)c1. The average molecular weight is 242 g/mol. The fraction of sp³-hybridized carbons (Fsp3) is 0.100. The molecule has 1 aromatic rings. The number of nitrogens with one attached hydrogen (secondary N) is 1. The van der Waals surface area contributed by atoms with Gasteiger partial charge in [-0.2, -0.15) is 0 Å². The number of amides is 1. The van der Waals surface area contributed by atoms with Crippen molar-refractivity contribution in [3.8, 4) is 0 Å². The molecule has 0 atom stereocenters. The van der Waals surface area contributed by atoms with Gasteiger partial charge in [-0.3, -0.25) is 9.59 Å². The van der Waals surface area contributed by atoms with Crippen molar-refractivity contribution in [2.45, 2.75) is 0 Å². The molecule has 84 valence electrons. The summed E-state index contributed by atoms with van der Waals surface area (Å²) in [4.78, 5) is 32.3. The van der Waals surface area contributed by atoms with Gasteiger partial charge in [0.15, 0.2) is 5.78 Å². The Labute approximate surface area is 96.0 Å². The second-order valence-electron chi connectivity index (χ2n) is 2.92. The van der Waals surface area contributed by atoms with E-state index in [4.69, 9.17) is 16.7 Å². The van der Waals surface area contributed by atoms with Crippen LogP contribution < -0.4 is 5.32 Å². The van der Waals surface area contributed by atoms with Gasteiger partial charge < -0.3 is 10.4 Å². The summed E-state index contributed by atoms with van der Waals surface area (Å²) in [5.41, 5.74) is 0.318. The van der Waals surface area contributed by atoms with E-state index in [2.05, 4.69) is 0 Å². The van der Waals surface area contributed by atoms with Crippen molar-refractivity contribution < 1.29 is 19.5 Å². The van der Waals surface area contributed by atoms with Gasteiger partial charge in [0.05, 0.1) is 6.54 Å². The highest BCUT2D eigenvalue weighted by atomic mass is 35.5. The van der Waals surface area contributed by atoms with Crippen LogP contribution in [-0.2, 0) is 9.59 Å². The van der Waals surface area contributed by atoms with Crippen LogP contribution in [0.4, 0.5) is 0 Å². The third kappa shape index (κ3) is 3.36. The topological polar surface area (TPSA) is 83.5 Å². The number of carboxylic acid groups (broad SMARTS) is 1. The largest absolute Gasteiger partial charge is 0.474 e. The lowest BCUT2D eigenvalue weighted by molar-refractivity contribution is -0.150. The molecule has 0 spiro atoms. The Morgan fingerprint density at radius 3 is 2.56 bits per heavy atom. The van der Waals surface area contributed by atoms with Crippen molar-refractivity contribution in [1.82, 2.24) is 5.32 Å². The monoisotopic (exact) mass is 241 g/mol. The first kappa shape index (κ1) is 12.2. The molecule has 0 heterocycles. The number of hydrogen-bond acceptors (Lipinski definition) is 3. The molecule has 0 bridgehead atoms. The number of aliphatic carboxylic acids is 1. The van der Waals surface area contributed by atoms with Crippen LogP contribution in [0.3, 0.4) is 0 Å². The van der Waals surface area contributed by atoms with Gasteiger partial charge in [0, 0.05) is 10.6 Å². The summed E-state index contributed by atoms with van der Waals surface area (Å²) in [5.74, 6) is -3.24. The summed E-state index contributed by atoms with van der Waals surface area (Å²) in [6, 6.07) is 6.17. The Morgan fingerprint density at radius 2 is 2.00 bits per heavy atom. The molecule has 0 radical (unpaired) electrons. The summed E-state index contributed by atoms with van der Waals surface area (Å²) in [7, 11) is 0. The minimum absolute atomic E-state index is 0.318. The van der Waals surface area contributed by atoms with Crippen LogP contribution in [0, 0.1) is 0 Å². The zero-order valence-electron chi connectivity index (χ0n) is 8.07. The molecule has 5 nitrogen and oxygen atoms in total. The number of ketones is 1. The number of Topliss-reactive ketones (excluding diaryl/α,β-unsaturated/α-hetero) is 1. The first-order chi connectivity index (χ1) is 7.50. The van der Waals surface area contributed by atoms with Crippen molar-refractivity contribution in [2.24, 2.45) is 0 Å². The number of hydrogen-bond donors (Lipinski definition) is 2. The first-order valence-electron chi connectivity index (χ1n) is 4.30. The maximum absolute atomic E-state index is 11.5. The normalized spacial score (nSPS) is 9.56. The van der Waals surface area contributed by atoms with Gasteiger partial charge in [-0.1, -0.05) is 23.7 Å². The van der Waals surface area contributed by atoms with E-state index in [0.29, 0.717) is 10.6 Å². The van der Waals surface area contributed by atoms with Crippen LogP contribution in [0.15, 0.2) is 24.3 Å². The fourth-order valence-corrected chi connectivity index (χ4v) is 1.19. The minimum Gasteiger partial charge on any atom is -0.474 e. The molecule has 0 saturated heterocycles. The number of carboxylic acids is 1. The molecule has 0 unspecified atom stereocenters. The van der Waals surface area contributed by atoms with Crippen molar-refractivity contribution in [3.05, 3.63) is 34.9 Å². The molecule has 1 rings (SSSR count). The Balaban J connectivity index is 2.60. The van der Waals surface area contributed by atoms with E-state index >= 15 is 0 Å². The van der Waals surface area contributed by atoms with Gasteiger partial charge >= 0.3 is 11.9 Å². The molecule has 0 saturated carbocycles. The molecule has 1 aromatic carbocycles. The zero-order valence-corrected chi connectivity index (χ0v) is 8.82. The Kier molecular flexibility index (Phi) is 4.02. The summed E-state index contributed by atoms with van der Waals surface area (Å²) >= 11 is 5.67. The van der Waals surface area contributed by atoms with E-state index in [1.54, 1.807) is 12.1 Å². The van der Waals surface area contributed by atoms with Gasteiger partial charge in [-0.25, -0.2) is 4.79 Å². The maximum Gasteiger partial charge on any atom is 0.394 e. The molecule has 16 heavy (non-hydrogen) atoms. The second-order valence-corrected chi connectivity index (χ2v) is 3.36. The second kappa shape index (κ2) is 5.27. The van der Waals surface area contributed by atoms with Crippen molar-refractivity contribution in [1.29, 1.82) is 0 Å². The standard InChI is InChI=1S/C10H8ClNO4/c11-7-3-1-2-6(4-7)8(13)5-12-9(14)10(15)16/h1-4H,5H2,(H,12,14)(H,15,16). The summed E-state index contributed by atoms with van der Waals surface area (Å²) in [6.45, 7) is -0.370. The van der Waals surface area contributed by atoms with Crippen molar-refractivity contribution >= 4 is 29.3 Å². The fourth-order valence-electron chi connectivity index (χ4n) is 1.00. The Hall–Kier alpha value is -1.88. The molecule has 0 fully saturated rings. The third-order valence-electron chi connectivity index (χ3n) is 1.75. The summed E-state index contributed by atoms with van der Waals surface area (Å²) in [5, 5.41) is 10.6. The molecular weight excluding hydrogens is 234 g/mol. The molecule has 2 N–H and O–H groups in total. The molecular formula is C10H8ClNO4. The van der Waals surface area contributed by atoms with E-state index in [-0.39, 0.29) is 6.54 Å². The minimum atomic E-state index is -1.63. The first-order valence-corrected chi connectivity index (χ1v) is 4.68. The van der Waals surface area contributed by atoms with Crippen LogP contribution in [-0.4, -0.2) is 29.3 Å². The molecule has 0 aliphatic carbocycles. The molecule has 0 aliphatic rings. The van der Waals surface area contributed by atoms with Crippen molar-refractivity contribution in [3.63, 3.8) is 0 Å². The number of carbonyl (C=O) groups is 3. The van der Waals surface area contributed by atoms with E-state index in [1.165, 1.54) is 12.1 Å². The van der Waals surface area contributed by atoms with E-state index in [1.807, 2.05) is 5.32 Å². The highest BCUT2D eigenvalue weighted by Crippen LogP contribution is 2.10. The van der Waals surface area contributed by atoms with Crippen LogP contribution in [0.2, 0.25) is 5.02 Å². The Bertz CT molecular complexity index is 444. The lowest BCUT2D eigenvalue weighted by Gasteiger charge is -2.02. The van der Waals surface area contributed by atoms with Gasteiger partial charge in [-0.15, -0.1) is 0 Å². The van der Waals surface area contributed by atoms with E-state index in [9.17, 15) is 14.4 Å². The number of rotatable bonds is 3. The zero-order chi connectivity index (χ0) is 12.1. The quantitative estimate of drug-likeness (QED) is 0.603. The maximum atomic E-state index is 11.5. The van der Waals surface area contributed by atoms with Crippen LogP contribution >= 0.6 is 11.6 Å². The average Bonchev–Trinajstić information content (AvgIpc) is 2.25. The molecule has 0 aromatic heterocycles. The van der Waals surface area contributed by atoms with E-state index < -0.39 is 17.7 Å². The van der Waals surface area contributed by atoms with Crippen LogP contribution in [0.5, 0.6) is 0 Å². The van der Waals surface area contributed by atoms with Crippen LogP contribution in [0.25, 0.3) is 0 Å². The third-order valence-corrected chi connectivity index (χ3v) is 1.99. The van der Waals surface area contributed by atoms with Crippen LogP contribution in [0.1, 0.15) is 10.4 Å². The van der Waals surface area contributed by atoms with Gasteiger partial charge in [-0.05, 0) is 12.1 Å².